The lowest BCUT2D eigenvalue weighted by Gasteiger charge is -2.36. The molecule has 1 aliphatic rings. The second-order valence-electron chi connectivity index (χ2n) is 8.14. The second kappa shape index (κ2) is 10.4. The smallest absolute Gasteiger partial charge is 0.280 e. The topological polar surface area (TPSA) is 72.7 Å². The van der Waals surface area contributed by atoms with Crippen LogP contribution in [0.15, 0.2) is 18.3 Å². The van der Waals surface area contributed by atoms with E-state index in [1.165, 1.54) is 12.3 Å². The minimum atomic E-state index is -3.07. The molecule has 0 unspecified atom stereocenters. The SMILES string of the molecule is CCCCCOC1CCC(C=O)(NC(=O)c2ccn3c(C(F)F)cc(C(F)F)nc23)CC1. The van der Waals surface area contributed by atoms with Crippen LogP contribution in [0, 0.1) is 0 Å². The molecule has 2 aromatic rings. The Morgan fingerprint density at radius 1 is 1.28 bits per heavy atom. The van der Waals surface area contributed by atoms with Crippen molar-refractivity contribution >= 4 is 17.8 Å². The summed E-state index contributed by atoms with van der Waals surface area (Å²) in [5.74, 6) is -0.721. The minimum absolute atomic E-state index is 0.0102. The van der Waals surface area contributed by atoms with Crippen molar-refractivity contribution < 1.29 is 31.9 Å². The summed E-state index contributed by atoms with van der Waals surface area (Å²) < 4.78 is 59.8. The van der Waals surface area contributed by atoms with Crippen molar-refractivity contribution in [2.24, 2.45) is 0 Å². The van der Waals surface area contributed by atoms with Gasteiger partial charge in [0.15, 0.2) is 0 Å². The zero-order valence-corrected chi connectivity index (χ0v) is 17.8. The molecule has 0 radical (unpaired) electrons. The van der Waals surface area contributed by atoms with Crippen molar-refractivity contribution in [3.63, 3.8) is 0 Å². The third-order valence-electron chi connectivity index (χ3n) is 5.87. The first kappa shape index (κ1) is 24.2. The number of halogens is 4. The van der Waals surface area contributed by atoms with E-state index in [9.17, 15) is 27.2 Å². The van der Waals surface area contributed by atoms with Crippen LogP contribution in [-0.2, 0) is 9.53 Å². The van der Waals surface area contributed by atoms with E-state index >= 15 is 0 Å². The Kier molecular flexibility index (Phi) is 7.86. The van der Waals surface area contributed by atoms with E-state index in [1.807, 2.05) is 0 Å². The van der Waals surface area contributed by atoms with Gasteiger partial charge >= 0.3 is 0 Å². The molecule has 2 heterocycles. The number of carbonyl (C=O) groups is 2. The molecule has 1 fully saturated rings. The Labute approximate surface area is 183 Å². The Morgan fingerprint density at radius 2 is 2.00 bits per heavy atom. The zero-order valence-electron chi connectivity index (χ0n) is 17.8. The predicted octanol–water partition coefficient (Wildman–Crippen LogP) is 5.03. The summed E-state index contributed by atoms with van der Waals surface area (Å²) in [5.41, 5.74) is -3.10. The molecule has 1 amide bonds. The van der Waals surface area contributed by atoms with Crippen LogP contribution in [0.1, 0.15) is 86.5 Å². The normalized spacial score (nSPS) is 21.4. The number of ether oxygens (including phenoxy) is 1. The quantitative estimate of drug-likeness (QED) is 0.309. The van der Waals surface area contributed by atoms with Crippen LogP contribution in [0.5, 0.6) is 0 Å². The van der Waals surface area contributed by atoms with Crippen LogP contribution in [-0.4, -0.2) is 39.8 Å². The molecule has 1 N–H and O–H groups in total. The Hall–Kier alpha value is -2.49. The summed E-state index contributed by atoms with van der Waals surface area (Å²) in [5, 5.41) is 2.68. The van der Waals surface area contributed by atoms with Gasteiger partial charge in [0.05, 0.1) is 22.9 Å². The van der Waals surface area contributed by atoms with E-state index in [0.717, 1.165) is 23.7 Å². The fraction of sp³-hybridized carbons (Fsp3) is 0.591. The van der Waals surface area contributed by atoms with E-state index in [0.29, 0.717) is 44.6 Å². The number of aromatic nitrogens is 2. The Morgan fingerprint density at radius 3 is 2.59 bits per heavy atom. The summed E-state index contributed by atoms with van der Waals surface area (Å²) in [6.45, 7) is 2.76. The number of hydrogen-bond acceptors (Lipinski definition) is 4. The van der Waals surface area contributed by atoms with Crippen LogP contribution >= 0.6 is 0 Å². The number of nitrogens with zero attached hydrogens (tertiary/aromatic N) is 2. The highest BCUT2D eigenvalue weighted by Crippen LogP contribution is 2.31. The van der Waals surface area contributed by atoms with Gasteiger partial charge in [-0.25, -0.2) is 22.5 Å². The van der Waals surface area contributed by atoms with E-state index in [4.69, 9.17) is 4.74 Å². The van der Waals surface area contributed by atoms with Gasteiger partial charge in [-0.15, -0.1) is 0 Å². The largest absolute Gasteiger partial charge is 0.378 e. The molecule has 1 aliphatic carbocycles. The van der Waals surface area contributed by atoms with Gasteiger partial charge in [-0.05, 0) is 44.2 Å². The average Bonchev–Trinajstić information content (AvgIpc) is 3.21. The third-order valence-corrected chi connectivity index (χ3v) is 5.87. The molecular formula is C22H27F4N3O3. The highest BCUT2D eigenvalue weighted by molar-refractivity contribution is 6.01. The van der Waals surface area contributed by atoms with Crippen molar-refractivity contribution in [1.29, 1.82) is 0 Å². The predicted molar refractivity (Wildman–Crippen MR) is 109 cm³/mol. The van der Waals surface area contributed by atoms with Crippen molar-refractivity contribution in [3.05, 3.63) is 35.3 Å². The summed E-state index contributed by atoms with van der Waals surface area (Å²) in [4.78, 5) is 28.5. The number of fused-ring (bicyclic) bond motifs is 1. The number of aldehydes is 1. The number of carbonyl (C=O) groups excluding carboxylic acids is 2. The lowest BCUT2D eigenvalue weighted by atomic mass is 9.81. The minimum Gasteiger partial charge on any atom is -0.378 e. The maximum Gasteiger partial charge on any atom is 0.280 e. The number of rotatable bonds is 10. The highest BCUT2D eigenvalue weighted by atomic mass is 19.3. The number of alkyl halides is 4. The molecule has 0 aromatic carbocycles. The first-order chi connectivity index (χ1) is 15.3. The van der Waals surface area contributed by atoms with Gasteiger partial charge in [-0.1, -0.05) is 19.8 Å². The summed E-state index contributed by atoms with van der Waals surface area (Å²) >= 11 is 0. The monoisotopic (exact) mass is 457 g/mol. The van der Waals surface area contributed by atoms with Crippen LogP contribution in [0.3, 0.4) is 0 Å². The van der Waals surface area contributed by atoms with Gasteiger partial charge in [0, 0.05) is 12.8 Å². The van der Waals surface area contributed by atoms with Gasteiger partial charge < -0.3 is 14.8 Å². The van der Waals surface area contributed by atoms with E-state index in [1.54, 1.807) is 0 Å². The first-order valence-electron chi connectivity index (χ1n) is 10.8. The summed E-state index contributed by atoms with van der Waals surface area (Å²) in [6, 6.07) is 1.86. The molecule has 10 heteroatoms. The standard InChI is InChI=1S/C22H27F4N3O3/c1-2-3-4-11-32-14-5-8-22(13-30,9-6-14)28-21(31)15-7-10-29-17(19(25)26)12-16(18(23)24)27-20(15)29/h7,10,12-14,18-19H,2-6,8-9,11H2,1H3,(H,28,31). The molecule has 32 heavy (non-hydrogen) atoms. The lowest BCUT2D eigenvalue weighted by molar-refractivity contribution is -0.115. The number of amides is 1. The van der Waals surface area contributed by atoms with E-state index in [2.05, 4.69) is 17.2 Å². The van der Waals surface area contributed by atoms with Gasteiger partial charge in [-0.3, -0.25) is 9.20 Å². The lowest BCUT2D eigenvalue weighted by Crippen LogP contribution is -2.52. The molecule has 6 nitrogen and oxygen atoms in total. The number of hydrogen-bond donors (Lipinski definition) is 1. The fourth-order valence-electron chi connectivity index (χ4n) is 4.02. The Balaban J connectivity index is 1.75. The van der Waals surface area contributed by atoms with Gasteiger partial charge in [0.1, 0.15) is 17.6 Å². The fourth-order valence-corrected chi connectivity index (χ4v) is 4.02. The highest BCUT2D eigenvalue weighted by Gasteiger charge is 2.37. The van der Waals surface area contributed by atoms with Crippen molar-refractivity contribution in [1.82, 2.24) is 14.7 Å². The number of nitrogens with one attached hydrogen (secondary N) is 1. The number of unbranched alkanes of at least 4 members (excludes halogenated alkanes) is 2. The summed E-state index contributed by atoms with van der Waals surface area (Å²) in [7, 11) is 0. The van der Waals surface area contributed by atoms with Gasteiger partial charge in [-0.2, -0.15) is 0 Å². The van der Waals surface area contributed by atoms with E-state index in [-0.39, 0.29) is 17.3 Å². The molecule has 0 bridgehead atoms. The maximum absolute atomic E-state index is 13.4. The third kappa shape index (κ3) is 5.28. The maximum atomic E-state index is 13.4. The average molecular weight is 457 g/mol. The van der Waals surface area contributed by atoms with Gasteiger partial charge in [0.25, 0.3) is 18.8 Å². The van der Waals surface area contributed by atoms with Crippen LogP contribution in [0.25, 0.3) is 5.65 Å². The molecule has 176 valence electrons. The molecule has 0 aliphatic heterocycles. The summed E-state index contributed by atoms with van der Waals surface area (Å²) in [6.07, 6.45) is 0.824. The molecule has 0 saturated heterocycles. The van der Waals surface area contributed by atoms with Crippen LogP contribution in [0.2, 0.25) is 0 Å². The van der Waals surface area contributed by atoms with Crippen LogP contribution in [0.4, 0.5) is 17.6 Å². The molecule has 0 atom stereocenters. The van der Waals surface area contributed by atoms with Crippen molar-refractivity contribution in [2.45, 2.75) is 76.4 Å². The van der Waals surface area contributed by atoms with Crippen molar-refractivity contribution in [2.75, 3.05) is 6.61 Å². The zero-order chi connectivity index (χ0) is 23.3. The molecule has 2 aromatic heterocycles. The van der Waals surface area contributed by atoms with Crippen molar-refractivity contribution in [3.8, 4) is 0 Å². The first-order valence-corrected chi connectivity index (χ1v) is 10.8. The molecular weight excluding hydrogens is 430 g/mol. The van der Waals surface area contributed by atoms with Gasteiger partial charge in [0.2, 0.25) is 0 Å². The van der Waals surface area contributed by atoms with E-state index < -0.39 is 35.7 Å². The molecule has 1 saturated carbocycles. The van der Waals surface area contributed by atoms with Crippen LogP contribution < -0.4 is 5.32 Å². The molecule has 3 rings (SSSR count). The molecule has 0 spiro atoms. The second-order valence-corrected chi connectivity index (χ2v) is 8.14. The Bertz CT molecular complexity index is 940.